The Morgan fingerprint density at radius 1 is 1.06 bits per heavy atom. The molecule has 166 valence electrons. The molecule has 0 saturated heterocycles. The number of benzene rings is 3. The number of nitrogens with one attached hydrogen (secondary N) is 1. The third-order valence-corrected chi connectivity index (χ3v) is 6.36. The summed E-state index contributed by atoms with van der Waals surface area (Å²) >= 11 is 8.52. The van der Waals surface area contributed by atoms with Crippen molar-refractivity contribution in [2.45, 2.75) is 12.4 Å². The van der Waals surface area contributed by atoms with Crippen molar-refractivity contribution in [1.82, 2.24) is 5.43 Å². The third-order valence-electron chi connectivity index (χ3n) is 4.27. The SMILES string of the molecule is COc1cc(/C=N\NC(=O)CSCc2cccc(Br)c2)cc(Br)c1OCc1ccccc1. The standard InChI is InChI=1S/C24H22Br2N2O3S/c1-30-22-12-19(11-21(26)24(22)31-14-17-6-3-2-4-7-17)13-27-28-23(29)16-32-15-18-8-5-9-20(25)10-18/h2-13H,14-16H2,1H3,(H,28,29)/b27-13-. The van der Waals surface area contributed by atoms with Crippen LogP contribution in [-0.2, 0) is 17.2 Å². The lowest BCUT2D eigenvalue weighted by molar-refractivity contribution is -0.118. The minimum Gasteiger partial charge on any atom is -0.493 e. The summed E-state index contributed by atoms with van der Waals surface area (Å²) in [6, 6.07) is 21.6. The molecule has 0 aromatic heterocycles. The normalized spacial score (nSPS) is 10.8. The summed E-state index contributed by atoms with van der Waals surface area (Å²) in [5.41, 5.74) is 5.55. The first-order valence-electron chi connectivity index (χ1n) is 9.73. The topological polar surface area (TPSA) is 59.9 Å². The molecule has 3 aromatic rings. The molecule has 3 aromatic carbocycles. The summed E-state index contributed by atoms with van der Waals surface area (Å²) in [6.07, 6.45) is 1.57. The van der Waals surface area contributed by atoms with E-state index in [2.05, 4.69) is 42.4 Å². The Hall–Kier alpha value is -2.29. The van der Waals surface area contributed by atoms with Gasteiger partial charge in [-0.2, -0.15) is 5.10 Å². The number of methoxy groups -OCH3 is 1. The van der Waals surface area contributed by atoms with Gasteiger partial charge in [0.05, 0.1) is 23.5 Å². The van der Waals surface area contributed by atoms with Crippen LogP contribution in [0.2, 0.25) is 0 Å². The van der Waals surface area contributed by atoms with Crippen molar-refractivity contribution >= 4 is 55.7 Å². The molecule has 0 unspecified atom stereocenters. The van der Waals surface area contributed by atoms with E-state index in [0.717, 1.165) is 31.4 Å². The van der Waals surface area contributed by atoms with Crippen molar-refractivity contribution in [1.29, 1.82) is 0 Å². The lowest BCUT2D eigenvalue weighted by Gasteiger charge is -2.13. The largest absolute Gasteiger partial charge is 0.493 e. The minimum absolute atomic E-state index is 0.157. The first kappa shape index (κ1) is 24.4. The van der Waals surface area contributed by atoms with Crippen LogP contribution in [0.4, 0.5) is 0 Å². The maximum absolute atomic E-state index is 12.0. The molecule has 0 spiro atoms. The predicted molar refractivity (Wildman–Crippen MR) is 138 cm³/mol. The van der Waals surface area contributed by atoms with Crippen molar-refractivity contribution in [3.63, 3.8) is 0 Å². The van der Waals surface area contributed by atoms with Crippen molar-refractivity contribution < 1.29 is 14.3 Å². The van der Waals surface area contributed by atoms with Crippen molar-refractivity contribution in [2.24, 2.45) is 5.10 Å². The van der Waals surface area contributed by atoms with Crippen LogP contribution in [0, 0.1) is 0 Å². The number of thioether (sulfide) groups is 1. The number of amides is 1. The van der Waals surface area contributed by atoms with Crippen molar-refractivity contribution in [3.05, 3.63) is 92.4 Å². The number of hydrazone groups is 1. The summed E-state index contributed by atoms with van der Waals surface area (Å²) in [7, 11) is 1.59. The first-order valence-corrected chi connectivity index (χ1v) is 12.5. The molecular formula is C24H22Br2N2O3S. The van der Waals surface area contributed by atoms with Crippen LogP contribution in [0.25, 0.3) is 0 Å². The summed E-state index contributed by atoms with van der Waals surface area (Å²) in [5, 5.41) is 4.06. The van der Waals surface area contributed by atoms with E-state index in [4.69, 9.17) is 9.47 Å². The van der Waals surface area contributed by atoms with Gasteiger partial charge in [0.15, 0.2) is 11.5 Å². The van der Waals surface area contributed by atoms with Crippen LogP contribution in [-0.4, -0.2) is 25.0 Å². The monoisotopic (exact) mass is 576 g/mol. The lowest BCUT2D eigenvalue weighted by atomic mass is 10.2. The van der Waals surface area contributed by atoms with Crippen LogP contribution in [0.3, 0.4) is 0 Å². The van der Waals surface area contributed by atoms with E-state index in [1.54, 1.807) is 13.3 Å². The highest BCUT2D eigenvalue weighted by atomic mass is 79.9. The van der Waals surface area contributed by atoms with E-state index in [1.807, 2.05) is 66.7 Å². The van der Waals surface area contributed by atoms with E-state index < -0.39 is 0 Å². The zero-order valence-electron chi connectivity index (χ0n) is 17.4. The highest BCUT2D eigenvalue weighted by molar-refractivity contribution is 9.10. The van der Waals surface area contributed by atoms with Crippen LogP contribution in [0.1, 0.15) is 16.7 Å². The second kappa shape index (κ2) is 12.7. The van der Waals surface area contributed by atoms with E-state index in [0.29, 0.717) is 23.9 Å². The van der Waals surface area contributed by atoms with Gasteiger partial charge in [-0.1, -0.05) is 58.4 Å². The molecule has 0 saturated carbocycles. The van der Waals surface area contributed by atoms with Crippen molar-refractivity contribution in [3.8, 4) is 11.5 Å². The van der Waals surface area contributed by atoms with E-state index >= 15 is 0 Å². The molecule has 0 radical (unpaired) electrons. The van der Waals surface area contributed by atoms with Gasteiger partial charge in [-0.05, 0) is 56.9 Å². The number of rotatable bonds is 10. The maximum atomic E-state index is 12.0. The molecule has 0 aliphatic heterocycles. The fourth-order valence-corrected chi connectivity index (χ4v) is 4.57. The number of halogens is 2. The van der Waals surface area contributed by atoms with Gasteiger partial charge in [-0.25, -0.2) is 5.43 Å². The molecule has 0 heterocycles. The number of ether oxygens (including phenoxy) is 2. The second-order valence-electron chi connectivity index (χ2n) is 6.72. The Morgan fingerprint density at radius 3 is 2.59 bits per heavy atom. The number of carbonyl (C=O) groups is 1. The van der Waals surface area contributed by atoms with Gasteiger partial charge >= 0.3 is 0 Å². The zero-order chi connectivity index (χ0) is 22.8. The molecule has 3 rings (SSSR count). The fraction of sp³-hybridized carbons (Fsp3) is 0.167. The van der Waals surface area contributed by atoms with E-state index in [-0.39, 0.29) is 5.91 Å². The molecule has 8 heteroatoms. The highest BCUT2D eigenvalue weighted by Crippen LogP contribution is 2.36. The van der Waals surface area contributed by atoms with Gasteiger partial charge in [0.25, 0.3) is 0 Å². The molecule has 1 N–H and O–H groups in total. The molecule has 1 amide bonds. The van der Waals surface area contributed by atoms with Crippen molar-refractivity contribution in [2.75, 3.05) is 12.9 Å². The van der Waals surface area contributed by atoms with Crippen LogP contribution < -0.4 is 14.9 Å². The molecule has 0 fully saturated rings. The Kier molecular flexibility index (Phi) is 9.64. The third kappa shape index (κ3) is 7.69. The smallest absolute Gasteiger partial charge is 0.250 e. The molecule has 0 bridgehead atoms. The van der Waals surface area contributed by atoms with Gasteiger partial charge in [-0.15, -0.1) is 11.8 Å². The number of hydrogen-bond acceptors (Lipinski definition) is 5. The van der Waals surface area contributed by atoms with Crippen LogP contribution >= 0.6 is 43.6 Å². The van der Waals surface area contributed by atoms with Gasteiger partial charge in [0.1, 0.15) is 6.61 Å². The van der Waals surface area contributed by atoms with E-state index in [1.165, 1.54) is 11.8 Å². The zero-order valence-corrected chi connectivity index (χ0v) is 21.4. The summed E-state index contributed by atoms with van der Waals surface area (Å²) in [5.74, 6) is 2.11. The minimum atomic E-state index is -0.157. The maximum Gasteiger partial charge on any atom is 0.250 e. The molecule has 0 aliphatic rings. The Balaban J connectivity index is 1.52. The fourth-order valence-electron chi connectivity index (χ4n) is 2.78. The molecule has 0 aliphatic carbocycles. The number of hydrogen-bond donors (Lipinski definition) is 1. The summed E-state index contributed by atoms with van der Waals surface area (Å²) in [6.45, 7) is 0.427. The van der Waals surface area contributed by atoms with E-state index in [9.17, 15) is 4.79 Å². The molecule has 0 atom stereocenters. The average molecular weight is 578 g/mol. The second-order valence-corrected chi connectivity index (χ2v) is 9.48. The van der Waals surface area contributed by atoms with Gasteiger partial charge in [0, 0.05) is 10.2 Å². The van der Waals surface area contributed by atoms with Crippen LogP contribution in [0.15, 0.2) is 80.8 Å². The molecular weight excluding hydrogens is 556 g/mol. The molecule has 5 nitrogen and oxygen atoms in total. The van der Waals surface area contributed by atoms with Gasteiger partial charge in [0.2, 0.25) is 5.91 Å². The molecule has 32 heavy (non-hydrogen) atoms. The average Bonchev–Trinajstić information content (AvgIpc) is 2.79. The quantitative estimate of drug-likeness (QED) is 0.231. The number of carbonyl (C=O) groups excluding carboxylic acids is 1. The van der Waals surface area contributed by atoms with Crippen LogP contribution in [0.5, 0.6) is 11.5 Å². The Labute approximate surface area is 208 Å². The number of nitrogens with zero attached hydrogens (tertiary/aromatic N) is 1. The summed E-state index contributed by atoms with van der Waals surface area (Å²) < 4.78 is 13.2. The summed E-state index contributed by atoms with van der Waals surface area (Å²) in [4.78, 5) is 12.0. The first-order chi connectivity index (χ1) is 15.5. The lowest BCUT2D eigenvalue weighted by Crippen LogP contribution is -2.19. The predicted octanol–water partition coefficient (Wildman–Crippen LogP) is 6.18. The Morgan fingerprint density at radius 2 is 1.84 bits per heavy atom. The van der Waals surface area contributed by atoms with Gasteiger partial charge in [-0.3, -0.25) is 4.79 Å². The Bertz CT molecular complexity index is 1080. The highest BCUT2D eigenvalue weighted by Gasteiger charge is 2.11. The van der Waals surface area contributed by atoms with Gasteiger partial charge < -0.3 is 9.47 Å².